The largest absolute Gasteiger partial charge is 0.494 e. The molecule has 5 aliphatic rings. The molecule has 0 spiro atoms. The van der Waals surface area contributed by atoms with Gasteiger partial charge >= 0.3 is 11.9 Å². The summed E-state index contributed by atoms with van der Waals surface area (Å²) in [6.45, 7) is 1.10. The highest BCUT2D eigenvalue weighted by atomic mass is 19.3. The predicted octanol–water partition coefficient (Wildman–Crippen LogP) is -0.317. The number of hydrogen-bond acceptors (Lipinski definition) is 30. The molecule has 0 bridgehead atoms. The van der Waals surface area contributed by atoms with Gasteiger partial charge in [-0.05, 0) is 108 Å². The number of carboxylic acids is 2. The van der Waals surface area contributed by atoms with E-state index in [-0.39, 0.29) is 236 Å². The van der Waals surface area contributed by atoms with Crippen molar-refractivity contribution in [3.63, 3.8) is 0 Å². The van der Waals surface area contributed by atoms with Crippen LogP contribution in [0.1, 0.15) is 104 Å². The van der Waals surface area contributed by atoms with Crippen LogP contribution in [0.3, 0.4) is 0 Å². The van der Waals surface area contributed by atoms with Crippen LogP contribution < -0.4 is 41.4 Å². The number of amides is 10. The van der Waals surface area contributed by atoms with E-state index >= 15 is 0 Å². The molecular formula is C87H118F4N20O22. The van der Waals surface area contributed by atoms with Crippen LogP contribution in [0, 0.1) is 22.7 Å². The zero-order chi connectivity index (χ0) is 96.0. The molecule has 5 saturated heterocycles. The summed E-state index contributed by atoms with van der Waals surface area (Å²) in [7, 11) is 3.55. The van der Waals surface area contributed by atoms with Crippen molar-refractivity contribution in [1.82, 2.24) is 90.9 Å². The van der Waals surface area contributed by atoms with Crippen LogP contribution in [0.5, 0.6) is 11.5 Å². The average Bonchev–Trinajstić information content (AvgIpc) is 1.28. The summed E-state index contributed by atoms with van der Waals surface area (Å²) in [4.78, 5) is 204. The van der Waals surface area contributed by atoms with Crippen LogP contribution in [-0.4, -0.2) is 412 Å². The quantitative estimate of drug-likeness (QED) is 0.0160. The summed E-state index contributed by atoms with van der Waals surface area (Å²) in [5.74, 6) is -12.9. The second kappa shape index (κ2) is 52.9. The van der Waals surface area contributed by atoms with Crippen LogP contribution >= 0.6 is 0 Å². The maximum atomic E-state index is 14.6. The highest BCUT2D eigenvalue weighted by Crippen LogP contribution is 2.34. The number of carbonyl (C=O) groups is 14. The number of carbonyl (C=O) groups excluding carboxylic acids is 12. The molecule has 5 fully saturated rings. The molecule has 7 heterocycles. The van der Waals surface area contributed by atoms with E-state index in [0.717, 1.165) is 9.80 Å². The van der Waals surface area contributed by atoms with E-state index < -0.39 is 123 Å². The maximum absolute atomic E-state index is 14.6. The molecule has 42 nitrogen and oxygen atoms in total. The van der Waals surface area contributed by atoms with Crippen molar-refractivity contribution in [2.24, 2.45) is 0 Å². The first-order chi connectivity index (χ1) is 63.8. The zero-order valence-corrected chi connectivity index (χ0v) is 74.6. The number of alkyl halides is 4. The van der Waals surface area contributed by atoms with Crippen LogP contribution in [0.2, 0.25) is 0 Å². The van der Waals surface area contributed by atoms with Crippen LogP contribution in [0.15, 0.2) is 60.9 Å². The minimum Gasteiger partial charge on any atom is -0.494 e. The number of pyridine rings is 2. The van der Waals surface area contributed by atoms with Gasteiger partial charge in [-0.2, -0.15) is 10.5 Å². The Morgan fingerprint density at radius 2 is 1.02 bits per heavy atom. The van der Waals surface area contributed by atoms with Crippen molar-refractivity contribution in [3.05, 3.63) is 72.1 Å². The van der Waals surface area contributed by atoms with Crippen molar-refractivity contribution in [2.45, 2.75) is 132 Å². The van der Waals surface area contributed by atoms with Gasteiger partial charge in [0, 0.05) is 172 Å². The first-order valence-corrected chi connectivity index (χ1v) is 44.3. The lowest BCUT2D eigenvalue weighted by Crippen LogP contribution is -2.50. The highest BCUT2D eigenvalue weighted by Gasteiger charge is 2.49. The summed E-state index contributed by atoms with van der Waals surface area (Å²) in [6.07, 6.45) is 3.12. The number of nitrogens with zero attached hydrogens (tertiary/aromatic N) is 14. The van der Waals surface area contributed by atoms with Crippen molar-refractivity contribution in [3.8, 4) is 23.6 Å². The third kappa shape index (κ3) is 34.1. The van der Waals surface area contributed by atoms with E-state index in [1.165, 1.54) is 24.5 Å². The molecule has 10 amide bonds. The van der Waals surface area contributed by atoms with Crippen molar-refractivity contribution < 1.29 is 123 Å². The Morgan fingerprint density at radius 1 is 0.534 bits per heavy atom. The van der Waals surface area contributed by atoms with Gasteiger partial charge in [0.2, 0.25) is 47.3 Å². The number of aromatic nitrogens is 2. The van der Waals surface area contributed by atoms with E-state index in [4.69, 9.17) is 28.4 Å². The van der Waals surface area contributed by atoms with E-state index in [2.05, 4.69) is 41.9 Å². The van der Waals surface area contributed by atoms with E-state index in [0.29, 0.717) is 98.0 Å². The van der Waals surface area contributed by atoms with E-state index in [1.807, 2.05) is 9.80 Å². The normalized spacial score (nSPS) is 18.9. The number of aliphatic carboxylic acids is 2. The number of likely N-dealkylation sites (N-methyl/N-ethyl adjacent to an activating group) is 2. The van der Waals surface area contributed by atoms with Gasteiger partial charge in [-0.3, -0.25) is 106 Å². The van der Waals surface area contributed by atoms with Gasteiger partial charge in [-0.15, -0.1) is 0 Å². The number of likely N-dealkylation sites (tertiary alicyclic amines) is 4. The lowest BCUT2D eigenvalue weighted by Gasteiger charge is -2.35. The van der Waals surface area contributed by atoms with Gasteiger partial charge < -0.3 is 90.1 Å². The Bertz CT molecular complexity index is 4750. The standard InChI is InChI=1S/C87H118F4N20O22/c1-102(51-75(116)96-20-3-5-35-131-64-7-9-70-68(41-64)66(15-22-94-70)83(125)99-47-78(119)110-55-86(88,89)43-62(110)45-92)60-17-25-108(49-60)77(118)13-11-72(101-74(115)19-37-128-39-40-129-38-24-98-73(114)12-14-80(133-59-113)107-33-31-105(54-82(123)124)28-27-104(53-81(121)122)29-30-106(32-34-107)57-130-58-112)85(127)109-26-18-61(50-109)103(2)52-76(117)97-21-4-6-36-132-65-8-10-71-69(42-65)67(16-23-95-71)84(126)100-48-79(120)111-56-87(90,91)44-63(111)46-93/h7-10,15-16,22-23,41-42,58-63,72,80H,3-6,11-14,17-21,24-40,43-44,47-57H2,1-2H3,(H,96,116)(H,97,117)(H,98,114)(H,99,125)(H,100,126)(H,101,115)(H,121,122)(H,123,124)/t60-,61-,62-,63+,72+,80?/m1/s1. The van der Waals surface area contributed by atoms with Crippen LogP contribution in [0.4, 0.5) is 17.6 Å². The van der Waals surface area contributed by atoms with Gasteiger partial charge in [-0.1, -0.05) is 0 Å². The number of carboxylic acid groups (broad SMARTS) is 2. The smallest absolute Gasteiger partial charge is 0.317 e. The first-order valence-electron chi connectivity index (χ1n) is 44.3. The summed E-state index contributed by atoms with van der Waals surface area (Å²) in [6, 6.07) is 12.0. The van der Waals surface area contributed by atoms with Crippen LogP contribution in [0.25, 0.3) is 21.8 Å². The fourth-order valence-electron chi connectivity index (χ4n) is 16.1. The van der Waals surface area contributed by atoms with Gasteiger partial charge in [-0.25, -0.2) is 17.6 Å². The molecule has 1 unspecified atom stereocenters. The van der Waals surface area contributed by atoms with Gasteiger partial charge in [0.1, 0.15) is 36.4 Å². The molecule has 9 rings (SSSR count). The average molecular weight is 1870 g/mol. The van der Waals surface area contributed by atoms with Gasteiger partial charge in [0.15, 0.2) is 6.23 Å². The summed E-state index contributed by atoms with van der Waals surface area (Å²) in [5, 5.41) is 55.0. The summed E-state index contributed by atoms with van der Waals surface area (Å²) >= 11 is 0. The van der Waals surface area contributed by atoms with Crippen LogP contribution in [-0.2, 0) is 76.5 Å². The number of hydrogen-bond donors (Lipinski definition) is 8. The molecule has 2 aromatic heterocycles. The Hall–Kier alpha value is -12.2. The third-order valence-electron chi connectivity index (χ3n) is 23.4. The molecular weight excluding hydrogens is 1750 g/mol. The second-order valence-electron chi connectivity index (χ2n) is 33.1. The number of rotatable bonds is 51. The number of nitriles is 2. The van der Waals surface area contributed by atoms with Crippen molar-refractivity contribution in [1.29, 1.82) is 10.5 Å². The number of fused-ring (bicyclic) bond motifs is 2. The number of nitrogens with one attached hydrogen (secondary N) is 6. The summed E-state index contributed by atoms with van der Waals surface area (Å²) < 4.78 is 89.8. The Labute approximate surface area is 765 Å². The third-order valence-corrected chi connectivity index (χ3v) is 23.4. The van der Waals surface area contributed by atoms with Crippen molar-refractivity contribution >= 4 is 106 Å². The van der Waals surface area contributed by atoms with Gasteiger partial charge in [0.05, 0.1) is 126 Å². The lowest BCUT2D eigenvalue weighted by atomic mass is 10.1. The molecule has 726 valence electrons. The predicted molar refractivity (Wildman–Crippen MR) is 464 cm³/mol. The summed E-state index contributed by atoms with van der Waals surface area (Å²) in [5.41, 5.74) is 1.21. The molecule has 6 atom stereocenters. The minimum absolute atomic E-state index is 0.00589. The number of halogens is 4. The van der Waals surface area contributed by atoms with E-state index in [9.17, 15) is 105 Å². The molecule has 5 aliphatic heterocycles. The SMILES string of the molecule is CN(CC(=O)NCCCCOc1ccc2nccc(C(=O)NCC(=O)N3CC(F)(F)C[C@@H]3C#N)c2c1)[C@@H]1CCN(C(=O)CC[C@H](NC(=O)CCOCCOCCNC(=O)CCC(OC=O)N2CCN(COC=O)CCN(CC(=O)O)CCN(CC(=O)O)CC2)C(=O)N2CC[C@@H](N(C)CC(=O)NCCCCOc3ccc4nccc(C(=O)NCC(=O)N5CC(F)(F)C[C@H]5C#N)c4c3)C2)C1. The topological polar surface area (TPSA) is 513 Å². The Morgan fingerprint density at radius 3 is 1.52 bits per heavy atom. The number of unbranched alkanes of at least 4 members (excludes halogenated alkanes) is 2. The first kappa shape index (κ1) is 105. The molecule has 0 aliphatic carbocycles. The molecule has 0 saturated carbocycles. The highest BCUT2D eigenvalue weighted by molar-refractivity contribution is 6.08. The monoisotopic (exact) mass is 1870 g/mol. The fraction of sp³-hybridized carbons (Fsp3) is 0.609. The van der Waals surface area contributed by atoms with Crippen molar-refractivity contribution in [2.75, 3.05) is 211 Å². The molecule has 8 N–H and O–H groups in total. The number of ether oxygens (including phenoxy) is 6. The molecule has 133 heavy (non-hydrogen) atoms. The maximum Gasteiger partial charge on any atom is 0.317 e. The lowest BCUT2D eigenvalue weighted by molar-refractivity contribution is -0.147. The molecule has 2 aromatic carbocycles. The molecule has 4 aromatic rings. The number of benzene rings is 2. The Balaban J connectivity index is 0.702. The zero-order valence-electron chi connectivity index (χ0n) is 74.6. The Kier molecular flexibility index (Phi) is 41.6. The fourth-order valence-corrected chi connectivity index (χ4v) is 16.1. The second-order valence-corrected chi connectivity index (χ2v) is 33.1. The molecule has 0 radical (unpaired) electrons. The van der Waals surface area contributed by atoms with E-state index in [1.54, 1.807) is 92.0 Å². The minimum atomic E-state index is -3.22. The van der Waals surface area contributed by atoms with Gasteiger partial charge in [0.25, 0.3) is 36.6 Å². The molecule has 46 heteroatoms.